The first kappa shape index (κ1) is 18.1. The van der Waals surface area contributed by atoms with E-state index in [2.05, 4.69) is 0 Å². The summed E-state index contributed by atoms with van der Waals surface area (Å²) in [6.45, 7) is -0.965. The van der Waals surface area contributed by atoms with Crippen molar-refractivity contribution in [2.24, 2.45) is 5.73 Å². The Bertz CT molecular complexity index is 534. The van der Waals surface area contributed by atoms with Crippen LogP contribution < -0.4 is 11.1 Å². The van der Waals surface area contributed by atoms with Crippen LogP contribution in [0.4, 0.5) is 4.79 Å². The van der Waals surface area contributed by atoms with E-state index in [4.69, 9.17) is 15.9 Å². The fraction of sp³-hybridized carbons (Fsp3) is 0.429. The highest BCUT2D eigenvalue weighted by atomic mass is 16.3. The summed E-state index contributed by atoms with van der Waals surface area (Å²) in [5, 5.41) is 39.0. The third kappa shape index (κ3) is 5.08. The van der Waals surface area contributed by atoms with Crippen LogP contribution in [-0.2, 0) is 12.8 Å². The van der Waals surface area contributed by atoms with Crippen molar-refractivity contribution in [3.8, 4) is 0 Å². The van der Waals surface area contributed by atoms with E-state index in [1.165, 1.54) is 6.07 Å². The lowest BCUT2D eigenvalue weighted by Gasteiger charge is -2.18. The summed E-state index contributed by atoms with van der Waals surface area (Å²) in [5.74, 6) is -0.743. The predicted octanol–water partition coefficient (Wildman–Crippen LogP) is -1.71. The number of hydrogen-bond donors (Lipinski definition) is 6. The van der Waals surface area contributed by atoms with E-state index in [0.29, 0.717) is 11.1 Å². The summed E-state index contributed by atoms with van der Waals surface area (Å²) >= 11 is 0. The normalized spacial score (nSPS) is 13.5. The van der Waals surface area contributed by atoms with Gasteiger partial charge in [0.1, 0.15) is 0 Å². The number of nitrogens with one attached hydrogen (secondary N) is 1. The number of hydrogen-bond acceptors (Lipinski definition) is 6. The van der Waals surface area contributed by atoms with Gasteiger partial charge in [-0.1, -0.05) is 12.1 Å². The van der Waals surface area contributed by atoms with E-state index >= 15 is 0 Å². The van der Waals surface area contributed by atoms with E-state index < -0.39 is 37.4 Å². The van der Waals surface area contributed by atoms with Gasteiger partial charge >= 0.3 is 6.03 Å². The molecule has 0 bridgehead atoms. The number of primary amides is 1. The molecule has 2 unspecified atom stereocenters. The summed E-state index contributed by atoms with van der Waals surface area (Å²) in [5.41, 5.74) is 5.91. The average molecular weight is 312 g/mol. The second-order valence-electron chi connectivity index (χ2n) is 4.84. The molecule has 7 N–H and O–H groups in total. The zero-order valence-electron chi connectivity index (χ0n) is 11.9. The molecule has 8 heteroatoms. The number of urea groups is 1. The van der Waals surface area contributed by atoms with Gasteiger partial charge in [-0.2, -0.15) is 0 Å². The summed E-state index contributed by atoms with van der Waals surface area (Å²) in [4.78, 5) is 22.8. The Morgan fingerprint density at radius 3 is 2.23 bits per heavy atom. The highest BCUT2D eigenvalue weighted by Crippen LogP contribution is 2.19. The average Bonchev–Trinajstić information content (AvgIpc) is 2.47. The smallest absolute Gasteiger partial charge is 0.319 e. The van der Waals surface area contributed by atoms with Crippen LogP contribution in [0.15, 0.2) is 18.2 Å². The van der Waals surface area contributed by atoms with Crippen LogP contribution in [0.5, 0.6) is 0 Å². The van der Waals surface area contributed by atoms with E-state index in [1.54, 1.807) is 12.1 Å². The lowest BCUT2D eigenvalue weighted by atomic mass is 9.92. The molecule has 1 aromatic rings. The summed E-state index contributed by atoms with van der Waals surface area (Å²) in [6.07, 6.45) is -2.12. The molecule has 8 nitrogen and oxygen atoms in total. The summed E-state index contributed by atoms with van der Waals surface area (Å²) in [6, 6.07) is 3.59. The molecule has 0 aliphatic rings. The SMILES string of the molecule is NC(=O)NC(=O)c1cccc(CC(O)CO)c1CC(O)CO. The first-order valence-electron chi connectivity index (χ1n) is 6.68. The van der Waals surface area contributed by atoms with Gasteiger partial charge < -0.3 is 26.2 Å². The first-order chi connectivity index (χ1) is 10.4. The fourth-order valence-electron chi connectivity index (χ4n) is 2.08. The van der Waals surface area contributed by atoms with Crippen molar-refractivity contribution < 1.29 is 30.0 Å². The monoisotopic (exact) mass is 312 g/mol. The predicted molar refractivity (Wildman–Crippen MR) is 77.1 cm³/mol. The molecule has 0 aromatic heterocycles. The minimum absolute atomic E-state index is 0.0493. The van der Waals surface area contributed by atoms with Crippen LogP contribution in [0, 0.1) is 0 Å². The molecule has 0 aliphatic heterocycles. The minimum Gasteiger partial charge on any atom is -0.394 e. The highest BCUT2D eigenvalue weighted by Gasteiger charge is 2.19. The van der Waals surface area contributed by atoms with E-state index in [-0.39, 0.29) is 18.4 Å². The van der Waals surface area contributed by atoms with Crippen LogP contribution >= 0.6 is 0 Å². The molecular weight excluding hydrogens is 292 g/mol. The second kappa shape index (κ2) is 8.44. The zero-order valence-corrected chi connectivity index (χ0v) is 11.9. The van der Waals surface area contributed by atoms with Crippen LogP contribution in [0.3, 0.4) is 0 Å². The molecular formula is C14H20N2O6. The van der Waals surface area contributed by atoms with Crippen LogP contribution in [0.1, 0.15) is 21.5 Å². The maximum absolute atomic E-state index is 12.0. The van der Waals surface area contributed by atoms with Crippen molar-refractivity contribution in [1.82, 2.24) is 5.32 Å². The van der Waals surface area contributed by atoms with E-state index in [1.807, 2.05) is 5.32 Å². The Morgan fingerprint density at radius 1 is 1.09 bits per heavy atom. The molecule has 22 heavy (non-hydrogen) atoms. The molecule has 0 saturated heterocycles. The van der Waals surface area contributed by atoms with Crippen LogP contribution in [0.2, 0.25) is 0 Å². The van der Waals surface area contributed by atoms with Crippen molar-refractivity contribution >= 4 is 11.9 Å². The van der Waals surface area contributed by atoms with Gasteiger partial charge in [0.05, 0.1) is 25.4 Å². The number of aliphatic hydroxyl groups excluding tert-OH is 4. The Kier molecular flexibility index (Phi) is 6.93. The number of rotatable bonds is 7. The van der Waals surface area contributed by atoms with Crippen molar-refractivity contribution in [3.63, 3.8) is 0 Å². The number of imide groups is 1. The maximum Gasteiger partial charge on any atom is 0.319 e. The van der Waals surface area contributed by atoms with Gasteiger partial charge in [-0.3, -0.25) is 10.1 Å². The fourth-order valence-corrected chi connectivity index (χ4v) is 2.08. The molecule has 0 spiro atoms. The third-order valence-electron chi connectivity index (χ3n) is 3.07. The first-order valence-corrected chi connectivity index (χ1v) is 6.68. The molecule has 3 amide bonds. The Balaban J connectivity index is 3.20. The van der Waals surface area contributed by atoms with Gasteiger partial charge in [0.15, 0.2) is 0 Å². The largest absolute Gasteiger partial charge is 0.394 e. The molecule has 0 saturated carbocycles. The topological polar surface area (TPSA) is 153 Å². The number of aliphatic hydroxyl groups is 4. The Labute approximate surface area is 127 Å². The number of amides is 3. The Hall–Kier alpha value is -2.00. The lowest BCUT2D eigenvalue weighted by Crippen LogP contribution is -2.36. The molecule has 1 rings (SSSR count). The van der Waals surface area contributed by atoms with Crippen LogP contribution in [0.25, 0.3) is 0 Å². The molecule has 0 heterocycles. The van der Waals surface area contributed by atoms with Gasteiger partial charge in [0, 0.05) is 18.4 Å². The molecule has 0 radical (unpaired) electrons. The third-order valence-corrected chi connectivity index (χ3v) is 3.07. The quantitative estimate of drug-likeness (QED) is 0.352. The van der Waals surface area contributed by atoms with Gasteiger partial charge in [-0.25, -0.2) is 4.79 Å². The summed E-state index contributed by atoms with van der Waals surface area (Å²) < 4.78 is 0. The Morgan fingerprint density at radius 2 is 1.68 bits per heavy atom. The van der Waals surface area contributed by atoms with Gasteiger partial charge in [-0.05, 0) is 17.2 Å². The lowest BCUT2D eigenvalue weighted by molar-refractivity contribution is 0.0898. The van der Waals surface area contributed by atoms with Crippen LogP contribution in [-0.4, -0.2) is 57.8 Å². The van der Waals surface area contributed by atoms with Gasteiger partial charge in [-0.15, -0.1) is 0 Å². The minimum atomic E-state index is -1.10. The van der Waals surface area contributed by atoms with E-state index in [9.17, 15) is 19.8 Å². The van der Waals surface area contributed by atoms with Crippen molar-refractivity contribution in [3.05, 3.63) is 34.9 Å². The van der Waals surface area contributed by atoms with Gasteiger partial charge in [0.25, 0.3) is 5.91 Å². The summed E-state index contributed by atoms with van der Waals surface area (Å²) in [7, 11) is 0. The number of nitrogens with two attached hydrogens (primary N) is 1. The van der Waals surface area contributed by atoms with Crippen molar-refractivity contribution in [2.75, 3.05) is 13.2 Å². The molecule has 2 atom stereocenters. The van der Waals surface area contributed by atoms with Crippen molar-refractivity contribution in [1.29, 1.82) is 0 Å². The van der Waals surface area contributed by atoms with E-state index in [0.717, 1.165) is 0 Å². The maximum atomic E-state index is 12.0. The molecule has 0 fully saturated rings. The van der Waals surface area contributed by atoms with Crippen molar-refractivity contribution in [2.45, 2.75) is 25.0 Å². The number of benzene rings is 1. The zero-order chi connectivity index (χ0) is 16.7. The number of carbonyl (C=O) groups is 2. The molecule has 1 aromatic carbocycles. The molecule has 0 aliphatic carbocycles. The second-order valence-corrected chi connectivity index (χ2v) is 4.84. The van der Waals surface area contributed by atoms with Gasteiger partial charge in [0.2, 0.25) is 0 Å². The highest BCUT2D eigenvalue weighted by molar-refractivity contribution is 6.04. The number of carbonyl (C=O) groups excluding carboxylic acids is 2. The standard InChI is InChI=1S/C14H20N2O6/c15-14(22)16-13(21)11-3-1-2-8(4-9(19)6-17)12(11)5-10(20)7-18/h1-3,9-10,17-20H,4-7H2,(H3,15,16,21,22). The molecule has 122 valence electrons.